The van der Waals surface area contributed by atoms with Gasteiger partial charge in [0.05, 0.1) is 16.3 Å². The molecule has 1 aliphatic rings. The van der Waals surface area contributed by atoms with Gasteiger partial charge >= 0.3 is 21.9 Å². The lowest BCUT2D eigenvalue weighted by atomic mass is 9.98. The first-order valence-corrected chi connectivity index (χ1v) is 14.7. The number of halogens is 9. The molecule has 0 aromatic heterocycles. The molecule has 1 N–H and O–H groups in total. The molecule has 1 saturated heterocycles. The maximum atomic E-state index is 14.5. The summed E-state index contributed by atoms with van der Waals surface area (Å²) in [6, 6.07) is 0. The third-order valence-corrected chi connectivity index (χ3v) is 12.0. The zero-order chi connectivity index (χ0) is 27.9. The predicted octanol–water partition coefficient (Wildman–Crippen LogP) is 3.13. The molecule has 0 bridgehead atoms. The van der Waals surface area contributed by atoms with Gasteiger partial charge in [-0.3, -0.25) is 0 Å². The highest BCUT2D eigenvalue weighted by Gasteiger charge is 2.81. The van der Waals surface area contributed by atoms with Crippen molar-refractivity contribution in [2.75, 3.05) is 18.8 Å². The first kappa shape index (κ1) is 32.2. The molecule has 19 heteroatoms. The molecular formula is C16H24F9NO6S3. The van der Waals surface area contributed by atoms with E-state index < -0.39 is 80.0 Å². The molecule has 0 radical (unpaired) electrons. The first-order chi connectivity index (χ1) is 15.4. The summed E-state index contributed by atoms with van der Waals surface area (Å²) in [5.41, 5.74) is -5.94. The summed E-state index contributed by atoms with van der Waals surface area (Å²) in [5.74, 6) is -10.6. The van der Waals surface area contributed by atoms with Crippen molar-refractivity contribution < 1.29 is 64.8 Å². The standard InChI is InChI=1S/C16H24F9NO6S3/c1-10(34(29,30)16(23,24)25)6-9-33(27,28)14(19,20)13(17,18)15(21,22)35(31,32)11(2)12-4-3-7-26-8-5-12/h10-12,26H,3-9H2,1-2H3. The van der Waals surface area contributed by atoms with E-state index in [1.807, 2.05) is 0 Å². The maximum Gasteiger partial charge on any atom is 0.497 e. The van der Waals surface area contributed by atoms with Crippen LogP contribution in [-0.2, 0) is 29.5 Å². The van der Waals surface area contributed by atoms with Crippen LogP contribution in [0, 0.1) is 5.92 Å². The Kier molecular flexibility index (Phi) is 9.34. The van der Waals surface area contributed by atoms with E-state index in [1.54, 1.807) is 0 Å². The van der Waals surface area contributed by atoms with Crippen LogP contribution in [0.4, 0.5) is 39.5 Å². The van der Waals surface area contributed by atoms with Gasteiger partial charge in [0.2, 0.25) is 29.5 Å². The molecule has 1 rings (SSSR count). The third kappa shape index (κ3) is 5.71. The number of hydrogen-bond acceptors (Lipinski definition) is 7. The van der Waals surface area contributed by atoms with E-state index in [0.717, 1.165) is 0 Å². The number of hydrogen-bond donors (Lipinski definition) is 1. The fourth-order valence-corrected chi connectivity index (χ4v) is 7.65. The molecule has 0 aliphatic carbocycles. The molecule has 210 valence electrons. The minimum atomic E-state index is -7.04. The predicted molar refractivity (Wildman–Crippen MR) is 106 cm³/mol. The summed E-state index contributed by atoms with van der Waals surface area (Å²) < 4.78 is 194. The summed E-state index contributed by atoms with van der Waals surface area (Å²) in [5, 5.41) is -15.6. The zero-order valence-electron chi connectivity index (χ0n) is 18.3. The van der Waals surface area contributed by atoms with Crippen molar-refractivity contribution in [1.29, 1.82) is 0 Å². The largest absolute Gasteiger partial charge is 0.497 e. The van der Waals surface area contributed by atoms with E-state index in [0.29, 0.717) is 13.5 Å². The second kappa shape index (κ2) is 10.2. The lowest BCUT2D eigenvalue weighted by Crippen LogP contribution is -2.62. The molecule has 0 aromatic carbocycles. The SMILES string of the molecule is CC(CCS(=O)(=O)C(F)(F)C(F)(F)C(F)(F)S(=O)(=O)C(C)C1CCCNCC1)S(=O)(=O)C(F)(F)F. The van der Waals surface area contributed by atoms with E-state index in [4.69, 9.17) is 0 Å². The van der Waals surface area contributed by atoms with Crippen molar-refractivity contribution in [3.63, 3.8) is 0 Å². The molecular weight excluding hydrogens is 569 g/mol. The van der Waals surface area contributed by atoms with Crippen LogP contribution in [0.15, 0.2) is 0 Å². The molecule has 35 heavy (non-hydrogen) atoms. The second-order valence-electron chi connectivity index (χ2n) is 8.21. The molecule has 1 aliphatic heterocycles. The van der Waals surface area contributed by atoms with Gasteiger partial charge in [0.15, 0.2) is 0 Å². The van der Waals surface area contributed by atoms with Crippen LogP contribution >= 0.6 is 0 Å². The molecule has 0 aromatic rings. The first-order valence-electron chi connectivity index (χ1n) is 9.99. The van der Waals surface area contributed by atoms with Crippen molar-refractivity contribution >= 4 is 29.5 Å². The average Bonchev–Trinajstić information content (AvgIpc) is 2.99. The van der Waals surface area contributed by atoms with Crippen molar-refractivity contribution in [1.82, 2.24) is 5.32 Å². The van der Waals surface area contributed by atoms with Gasteiger partial charge < -0.3 is 5.32 Å². The number of rotatable bonds is 10. The summed E-state index contributed by atoms with van der Waals surface area (Å²) >= 11 is 0. The van der Waals surface area contributed by atoms with Gasteiger partial charge in [-0.2, -0.15) is 39.5 Å². The lowest BCUT2D eigenvalue weighted by Gasteiger charge is -2.34. The zero-order valence-corrected chi connectivity index (χ0v) is 20.7. The summed E-state index contributed by atoms with van der Waals surface area (Å²) in [6.07, 6.45) is -1.66. The van der Waals surface area contributed by atoms with Gasteiger partial charge in [0.25, 0.3) is 0 Å². The normalized spacial score (nSPS) is 21.9. The van der Waals surface area contributed by atoms with Gasteiger partial charge in [-0.1, -0.05) is 0 Å². The van der Waals surface area contributed by atoms with E-state index in [9.17, 15) is 64.8 Å². The number of sulfone groups is 3. The van der Waals surface area contributed by atoms with Crippen LogP contribution in [0.3, 0.4) is 0 Å². The van der Waals surface area contributed by atoms with E-state index in [2.05, 4.69) is 5.32 Å². The monoisotopic (exact) mass is 593 g/mol. The van der Waals surface area contributed by atoms with Gasteiger partial charge in [-0.25, -0.2) is 25.3 Å². The van der Waals surface area contributed by atoms with Gasteiger partial charge in [-0.15, -0.1) is 0 Å². The van der Waals surface area contributed by atoms with Gasteiger partial charge in [0, 0.05) is 0 Å². The Morgan fingerprint density at radius 3 is 1.77 bits per heavy atom. The summed E-state index contributed by atoms with van der Waals surface area (Å²) in [4.78, 5) is 0. The molecule has 3 atom stereocenters. The van der Waals surface area contributed by atoms with E-state index in [1.165, 1.54) is 0 Å². The van der Waals surface area contributed by atoms with Crippen molar-refractivity contribution in [3.8, 4) is 0 Å². The molecule has 0 saturated carbocycles. The summed E-state index contributed by atoms with van der Waals surface area (Å²) in [6.45, 7) is 1.33. The van der Waals surface area contributed by atoms with Crippen LogP contribution in [0.5, 0.6) is 0 Å². The van der Waals surface area contributed by atoms with Crippen molar-refractivity contribution in [2.45, 2.75) is 72.0 Å². The Morgan fingerprint density at radius 1 is 0.771 bits per heavy atom. The smallest absolute Gasteiger partial charge is 0.317 e. The highest BCUT2D eigenvalue weighted by Crippen LogP contribution is 2.52. The van der Waals surface area contributed by atoms with Crippen molar-refractivity contribution in [3.05, 3.63) is 0 Å². The number of alkyl halides is 9. The number of nitrogens with one attached hydrogen (secondary N) is 1. The van der Waals surface area contributed by atoms with Crippen LogP contribution in [0.25, 0.3) is 0 Å². The Hall–Kier alpha value is -0.820. The highest BCUT2D eigenvalue weighted by molar-refractivity contribution is 7.94. The Morgan fingerprint density at radius 2 is 1.29 bits per heavy atom. The van der Waals surface area contributed by atoms with Crippen LogP contribution < -0.4 is 5.32 Å². The molecule has 0 spiro atoms. The highest BCUT2D eigenvalue weighted by atomic mass is 32.2. The van der Waals surface area contributed by atoms with Gasteiger partial charge in [0.1, 0.15) is 0 Å². The second-order valence-corrected chi connectivity index (χ2v) is 15.1. The maximum absolute atomic E-state index is 14.5. The van der Waals surface area contributed by atoms with E-state index in [-0.39, 0.29) is 32.7 Å². The van der Waals surface area contributed by atoms with Gasteiger partial charge in [-0.05, 0) is 58.5 Å². The van der Waals surface area contributed by atoms with E-state index >= 15 is 0 Å². The molecule has 1 fully saturated rings. The van der Waals surface area contributed by atoms with Crippen molar-refractivity contribution in [2.24, 2.45) is 5.92 Å². The minimum Gasteiger partial charge on any atom is -0.317 e. The van der Waals surface area contributed by atoms with Crippen LogP contribution in [0.2, 0.25) is 0 Å². The Labute approximate surface area is 196 Å². The Bertz CT molecular complexity index is 1060. The average molecular weight is 594 g/mol. The molecule has 1 heterocycles. The fraction of sp³-hybridized carbons (Fsp3) is 1.00. The Balaban J connectivity index is 3.30. The minimum absolute atomic E-state index is 0.0324. The molecule has 3 unspecified atom stereocenters. The van der Waals surface area contributed by atoms with Crippen LogP contribution in [0.1, 0.15) is 39.5 Å². The lowest BCUT2D eigenvalue weighted by molar-refractivity contribution is -0.244. The topological polar surface area (TPSA) is 114 Å². The quantitative estimate of drug-likeness (QED) is 0.387. The third-order valence-electron chi connectivity index (χ3n) is 5.90. The molecule has 0 amide bonds. The summed E-state index contributed by atoms with van der Waals surface area (Å²) in [7, 11) is -19.3. The fourth-order valence-electron chi connectivity index (χ4n) is 3.38. The molecule has 7 nitrogen and oxygen atoms in total. The van der Waals surface area contributed by atoms with Crippen LogP contribution in [-0.4, -0.2) is 76.5 Å².